The first-order valence-corrected chi connectivity index (χ1v) is 5.52. The first kappa shape index (κ1) is 13.1. The number of halogens is 1. The average Bonchev–Trinajstić information content (AvgIpc) is 2.25. The van der Waals surface area contributed by atoms with Crippen molar-refractivity contribution in [2.75, 3.05) is 19.6 Å². The van der Waals surface area contributed by atoms with Gasteiger partial charge < -0.3 is 15.7 Å². The monoisotopic (exact) mass is 226 g/mol. The van der Waals surface area contributed by atoms with Gasteiger partial charge in [0.25, 0.3) is 0 Å². The van der Waals surface area contributed by atoms with E-state index in [4.69, 9.17) is 5.11 Å². The van der Waals surface area contributed by atoms with Crippen LogP contribution in [-0.2, 0) is 6.54 Å². The van der Waals surface area contributed by atoms with E-state index in [9.17, 15) is 4.39 Å². The van der Waals surface area contributed by atoms with Gasteiger partial charge >= 0.3 is 0 Å². The van der Waals surface area contributed by atoms with Crippen LogP contribution >= 0.6 is 0 Å². The molecule has 16 heavy (non-hydrogen) atoms. The van der Waals surface area contributed by atoms with Gasteiger partial charge in [0.05, 0.1) is 6.10 Å². The summed E-state index contributed by atoms with van der Waals surface area (Å²) in [6.07, 6.45) is -0.308. The highest BCUT2D eigenvalue weighted by molar-refractivity contribution is 5.15. The lowest BCUT2D eigenvalue weighted by atomic mass is 10.2. The van der Waals surface area contributed by atoms with E-state index in [1.165, 1.54) is 12.1 Å². The van der Waals surface area contributed by atoms with Gasteiger partial charge in [0.15, 0.2) is 0 Å². The van der Waals surface area contributed by atoms with Gasteiger partial charge in [-0.25, -0.2) is 4.39 Å². The lowest BCUT2D eigenvalue weighted by molar-refractivity contribution is 0.191. The Balaban J connectivity index is 2.05. The average molecular weight is 226 g/mol. The van der Waals surface area contributed by atoms with Crippen molar-refractivity contribution >= 4 is 0 Å². The van der Waals surface area contributed by atoms with Crippen molar-refractivity contribution < 1.29 is 9.50 Å². The fourth-order valence-electron chi connectivity index (χ4n) is 1.32. The summed E-state index contributed by atoms with van der Waals surface area (Å²) in [5, 5.41) is 15.3. The van der Waals surface area contributed by atoms with Crippen LogP contribution in [0.15, 0.2) is 24.3 Å². The van der Waals surface area contributed by atoms with Gasteiger partial charge in [0.2, 0.25) is 0 Å². The van der Waals surface area contributed by atoms with E-state index in [2.05, 4.69) is 10.6 Å². The van der Waals surface area contributed by atoms with E-state index >= 15 is 0 Å². The summed E-state index contributed by atoms with van der Waals surface area (Å²) >= 11 is 0. The molecule has 1 atom stereocenters. The van der Waals surface area contributed by atoms with Crippen molar-refractivity contribution in [2.24, 2.45) is 0 Å². The van der Waals surface area contributed by atoms with Crippen molar-refractivity contribution in [3.63, 3.8) is 0 Å². The highest BCUT2D eigenvalue weighted by atomic mass is 19.1. The molecule has 0 aliphatic heterocycles. The Labute approximate surface area is 95.7 Å². The molecule has 3 nitrogen and oxygen atoms in total. The lowest BCUT2D eigenvalue weighted by Gasteiger charge is -2.08. The van der Waals surface area contributed by atoms with Gasteiger partial charge in [-0.15, -0.1) is 0 Å². The molecule has 0 spiro atoms. The van der Waals surface area contributed by atoms with Crippen LogP contribution in [0.4, 0.5) is 4.39 Å². The summed E-state index contributed by atoms with van der Waals surface area (Å²) in [6, 6.07) is 6.46. The molecule has 4 heteroatoms. The number of rotatable bonds is 7. The minimum absolute atomic E-state index is 0.206. The molecule has 0 heterocycles. The number of hydrogen-bond acceptors (Lipinski definition) is 3. The van der Waals surface area contributed by atoms with Crippen LogP contribution in [0.5, 0.6) is 0 Å². The summed E-state index contributed by atoms with van der Waals surface area (Å²) in [5.41, 5.74) is 1.07. The topological polar surface area (TPSA) is 44.3 Å². The Morgan fingerprint density at radius 3 is 2.44 bits per heavy atom. The molecule has 0 aromatic heterocycles. The van der Waals surface area contributed by atoms with Gasteiger partial charge in [0.1, 0.15) is 5.82 Å². The second kappa shape index (κ2) is 7.33. The number of aliphatic hydroxyl groups is 1. The molecule has 0 unspecified atom stereocenters. The molecule has 0 aliphatic rings. The maximum Gasteiger partial charge on any atom is 0.123 e. The predicted octanol–water partition coefficient (Wildman–Crippen LogP) is 0.886. The van der Waals surface area contributed by atoms with E-state index in [1.54, 1.807) is 19.1 Å². The van der Waals surface area contributed by atoms with E-state index in [1.807, 2.05) is 0 Å². The fourth-order valence-corrected chi connectivity index (χ4v) is 1.32. The number of nitrogens with one attached hydrogen (secondary N) is 2. The van der Waals surface area contributed by atoms with Crippen molar-refractivity contribution in [2.45, 2.75) is 19.6 Å². The lowest BCUT2D eigenvalue weighted by Crippen LogP contribution is -2.31. The van der Waals surface area contributed by atoms with E-state index < -0.39 is 0 Å². The number of aliphatic hydroxyl groups excluding tert-OH is 1. The van der Waals surface area contributed by atoms with Gasteiger partial charge in [-0.2, -0.15) is 0 Å². The third-order valence-corrected chi connectivity index (χ3v) is 2.16. The smallest absolute Gasteiger partial charge is 0.123 e. The zero-order valence-electron chi connectivity index (χ0n) is 9.54. The minimum atomic E-state index is -0.308. The third-order valence-electron chi connectivity index (χ3n) is 2.16. The van der Waals surface area contributed by atoms with Crippen LogP contribution in [0.2, 0.25) is 0 Å². The van der Waals surface area contributed by atoms with E-state index in [-0.39, 0.29) is 11.9 Å². The minimum Gasteiger partial charge on any atom is -0.392 e. The Kier molecular flexibility index (Phi) is 6.00. The molecule has 0 radical (unpaired) electrons. The van der Waals surface area contributed by atoms with Crippen LogP contribution in [0, 0.1) is 5.82 Å². The molecule has 3 N–H and O–H groups in total. The normalized spacial score (nSPS) is 12.7. The molecular formula is C12H19FN2O. The molecule has 1 aromatic carbocycles. The largest absolute Gasteiger partial charge is 0.392 e. The predicted molar refractivity (Wildman–Crippen MR) is 62.7 cm³/mol. The highest BCUT2D eigenvalue weighted by Crippen LogP contribution is 2.01. The first-order valence-electron chi connectivity index (χ1n) is 5.52. The zero-order valence-corrected chi connectivity index (χ0v) is 9.54. The van der Waals surface area contributed by atoms with Crippen molar-refractivity contribution in [3.8, 4) is 0 Å². The summed E-state index contributed by atoms with van der Waals surface area (Å²) in [6.45, 7) is 4.73. The van der Waals surface area contributed by atoms with Crippen LogP contribution in [0.1, 0.15) is 12.5 Å². The zero-order chi connectivity index (χ0) is 11.8. The summed E-state index contributed by atoms with van der Waals surface area (Å²) < 4.78 is 12.6. The van der Waals surface area contributed by atoms with Crippen LogP contribution in [0.25, 0.3) is 0 Å². The van der Waals surface area contributed by atoms with Crippen LogP contribution in [0.3, 0.4) is 0 Å². The maximum atomic E-state index is 12.6. The van der Waals surface area contributed by atoms with Gasteiger partial charge in [-0.1, -0.05) is 12.1 Å². The molecule has 1 aromatic rings. The Morgan fingerprint density at radius 2 is 1.81 bits per heavy atom. The summed E-state index contributed by atoms with van der Waals surface area (Å²) in [5.74, 6) is -0.206. The maximum absolute atomic E-state index is 12.6. The highest BCUT2D eigenvalue weighted by Gasteiger charge is 1.95. The number of benzene rings is 1. The third kappa shape index (κ3) is 5.80. The second-order valence-electron chi connectivity index (χ2n) is 3.86. The Bertz CT molecular complexity index is 288. The molecule has 0 saturated carbocycles. The molecule has 0 saturated heterocycles. The quantitative estimate of drug-likeness (QED) is 0.605. The van der Waals surface area contributed by atoms with Gasteiger partial charge in [-0.3, -0.25) is 0 Å². The molecule has 0 amide bonds. The van der Waals surface area contributed by atoms with Crippen LogP contribution in [-0.4, -0.2) is 30.8 Å². The number of hydrogen-bond donors (Lipinski definition) is 3. The van der Waals surface area contributed by atoms with Crippen LogP contribution < -0.4 is 10.6 Å². The van der Waals surface area contributed by atoms with Crippen molar-refractivity contribution in [1.29, 1.82) is 0 Å². The molecule has 0 bridgehead atoms. The van der Waals surface area contributed by atoms with Crippen molar-refractivity contribution in [3.05, 3.63) is 35.6 Å². The van der Waals surface area contributed by atoms with E-state index in [0.717, 1.165) is 25.2 Å². The molecule has 0 fully saturated rings. The molecule has 90 valence electrons. The summed E-state index contributed by atoms with van der Waals surface area (Å²) in [7, 11) is 0. The Morgan fingerprint density at radius 1 is 1.19 bits per heavy atom. The van der Waals surface area contributed by atoms with Crippen molar-refractivity contribution in [1.82, 2.24) is 10.6 Å². The molecule has 1 rings (SSSR count). The van der Waals surface area contributed by atoms with Gasteiger partial charge in [0, 0.05) is 26.2 Å². The fraction of sp³-hybridized carbons (Fsp3) is 0.500. The summed E-state index contributed by atoms with van der Waals surface area (Å²) in [4.78, 5) is 0. The van der Waals surface area contributed by atoms with Gasteiger partial charge in [-0.05, 0) is 24.6 Å². The first-order chi connectivity index (χ1) is 7.68. The van der Waals surface area contributed by atoms with E-state index in [0.29, 0.717) is 6.54 Å². The Hall–Kier alpha value is -0.970. The molecular weight excluding hydrogens is 207 g/mol. The SMILES string of the molecule is C[C@@H](O)CNCCNCc1ccc(F)cc1. The second-order valence-corrected chi connectivity index (χ2v) is 3.86. The standard InChI is InChI=1S/C12H19FN2O/c1-10(16)8-14-6-7-15-9-11-2-4-12(13)5-3-11/h2-5,10,14-16H,6-9H2,1H3/t10-/m1/s1. The molecule has 0 aliphatic carbocycles.